The fourth-order valence-corrected chi connectivity index (χ4v) is 8.13. The van der Waals surface area contributed by atoms with E-state index in [1.807, 2.05) is 73.7 Å². The van der Waals surface area contributed by atoms with E-state index >= 15 is 0 Å². The van der Waals surface area contributed by atoms with Crippen LogP contribution in [0.2, 0.25) is 5.02 Å². The number of hydrogen-bond donors (Lipinski definition) is 3. The molecule has 0 aliphatic carbocycles. The number of carbonyl (C=O) groups is 3. The van der Waals surface area contributed by atoms with Crippen molar-refractivity contribution in [3.63, 3.8) is 0 Å². The molecule has 3 unspecified atom stereocenters. The monoisotopic (exact) mass is 651 g/mol. The van der Waals surface area contributed by atoms with Crippen molar-refractivity contribution in [2.24, 2.45) is 11.8 Å². The van der Waals surface area contributed by atoms with E-state index in [1.165, 1.54) is 4.90 Å². The molecule has 8 nitrogen and oxygen atoms in total. The molecule has 6 rings (SSSR count). The van der Waals surface area contributed by atoms with Gasteiger partial charge in [0.1, 0.15) is 11.6 Å². The minimum Gasteiger partial charge on any atom is -0.394 e. The van der Waals surface area contributed by atoms with Gasteiger partial charge in [-0.05, 0) is 36.1 Å². The summed E-state index contributed by atoms with van der Waals surface area (Å²) >= 11 is 10.2. The molecule has 7 atom stereocenters. The second kappa shape index (κ2) is 11.4. The van der Waals surface area contributed by atoms with Gasteiger partial charge in [0.05, 0.1) is 41.3 Å². The second-order valence-electron chi connectivity index (χ2n) is 11.1. The van der Waals surface area contributed by atoms with Gasteiger partial charge in [0, 0.05) is 11.4 Å². The van der Waals surface area contributed by atoms with Crippen LogP contribution in [-0.4, -0.2) is 56.9 Å². The number of aryl methyl sites for hydroxylation is 1. The average molecular weight is 653 g/mol. The SMILES string of the molecule is Cc1cccc(Cl)c1NC(=O)C1N([C@H](CO)c2ccccc2)C(=O)[C@@H]2[C@@H](C(=O)NCc3ccccc3)[C@@H]3OC12CC3Br. The zero-order valence-electron chi connectivity index (χ0n) is 22.9. The highest BCUT2D eigenvalue weighted by molar-refractivity contribution is 9.09. The van der Waals surface area contributed by atoms with Gasteiger partial charge < -0.3 is 25.4 Å². The number of alkyl halides is 1. The molecule has 42 heavy (non-hydrogen) atoms. The third-order valence-electron chi connectivity index (χ3n) is 8.75. The number of amides is 3. The Bertz CT molecular complexity index is 1490. The highest BCUT2D eigenvalue weighted by Crippen LogP contribution is 2.61. The van der Waals surface area contributed by atoms with Crippen LogP contribution in [0.15, 0.2) is 78.9 Å². The predicted octanol–water partition coefficient (Wildman–Crippen LogP) is 4.38. The molecule has 3 heterocycles. The minimum absolute atomic E-state index is 0.254. The van der Waals surface area contributed by atoms with Gasteiger partial charge in [0.2, 0.25) is 17.7 Å². The summed E-state index contributed by atoms with van der Waals surface area (Å²) in [5.41, 5.74) is 1.52. The van der Waals surface area contributed by atoms with E-state index in [-0.39, 0.29) is 10.7 Å². The lowest BCUT2D eigenvalue weighted by Crippen LogP contribution is -2.55. The number of fused-ring (bicyclic) bond motifs is 1. The van der Waals surface area contributed by atoms with Crippen LogP contribution in [-0.2, 0) is 25.7 Å². The Labute approximate surface area is 257 Å². The number of aliphatic hydroxyl groups excluding tert-OH is 1. The molecule has 3 fully saturated rings. The molecule has 0 aromatic heterocycles. The van der Waals surface area contributed by atoms with Crippen molar-refractivity contribution in [2.45, 2.75) is 48.5 Å². The molecule has 0 radical (unpaired) electrons. The Morgan fingerprint density at radius 2 is 1.76 bits per heavy atom. The number of halogens is 2. The van der Waals surface area contributed by atoms with Crippen LogP contribution >= 0.6 is 27.5 Å². The molecule has 218 valence electrons. The first kappa shape index (κ1) is 28.9. The Kier molecular flexibility index (Phi) is 7.87. The molecular weight excluding hydrogens is 622 g/mol. The molecule has 3 amide bonds. The van der Waals surface area contributed by atoms with Gasteiger partial charge in [-0.3, -0.25) is 14.4 Å². The van der Waals surface area contributed by atoms with Gasteiger partial charge in [-0.1, -0.05) is 100 Å². The number of nitrogens with zero attached hydrogens (tertiary/aromatic N) is 1. The van der Waals surface area contributed by atoms with E-state index in [2.05, 4.69) is 26.6 Å². The number of aliphatic hydroxyl groups is 1. The fraction of sp³-hybridized carbons (Fsp3) is 0.344. The molecule has 2 bridgehead atoms. The number of rotatable bonds is 8. The van der Waals surface area contributed by atoms with Crippen molar-refractivity contribution in [3.05, 3.63) is 101 Å². The van der Waals surface area contributed by atoms with E-state index in [0.717, 1.165) is 11.1 Å². The van der Waals surface area contributed by atoms with E-state index in [4.69, 9.17) is 16.3 Å². The number of nitrogens with one attached hydrogen (secondary N) is 2. The van der Waals surface area contributed by atoms with Gasteiger partial charge in [-0.15, -0.1) is 0 Å². The lowest BCUT2D eigenvalue weighted by molar-refractivity contribution is -0.144. The number of hydrogen-bond acceptors (Lipinski definition) is 5. The van der Waals surface area contributed by atoms with Crippen molar-refractivity contribution in [2.75, 3.05) is 11.9 Å². The highest BCUT2D eigenvalue weighted by atomic mass is 79.9. The van der Waals surface area contributed by atoms with Crippen molar-refractivity contribution in [3.8, 4) is 0 Å². The maximum atomic E-state index is 14.5. The second-order valence-corrected chi connectivity index (χ2v) is 12.7. The van der Waals surface area contributed by atoms with E-state index < -0.39 is 54.0 Å². The molecule has 10 heteroatoms. The number of carbonyl (C=O) groups excluding carboxylic acids is 3. The Hall–Kier alpha value is -3.24. The summed E-state index contributed by atoms with van der Waals surface area (Å²) in [6.45, 7) is 1.71. The van der Waals surface area contributed by atoms with Crippen LogP contribution in [0.4, 0.5) is 5.69 Å². The molecule has 3 aromatic carbocycles. The molecule has 0 saturated carbocycles. The molecule has 3 aliphatic rings. The van der Waals surface area contributed by atoms with Crippen LogP contribution in [0.3, 0.4) is 0 Å². The first-order chi connectivity index (χ1) is 20.3. The van der Waals surface area contributed by atoms with Crippen LogP contribution < -0.4 is 10.6 Å². The maximum absolute atomic E-state index is 14.5. The number of ether oxygens (including phenoxy) is 1. The van der Waals surface area contributed by atoms with E-state index in [1.54, 1.807) is 12.1 Å². The summed E-state index contributed by atoms with van der Waals surface area (Å²) in [5, 5.41) is 16.9. The number of likely N-dealkylation sites (tertiary alicyclic amines) is 1. The molecule has 3 N–H and O–H groups in total. The number of benzene rings is 3. The summed E-state index contributed by atoms with van der Waals surface area (Å²) in [7, 11) is 0. The summed E-state index contributed by atoms with van der Waals surface area (Å²) in [4.78, 5) is 43.7. The normalized spacial score (nSPS) is 28.4. The highest BCUT2D eigenvalue weighted by Gasteiger charge is 2.77. The van der Waals surface area contributed by atoms with Gasteiger partial charge in [-0.25, -0.2) is 0 Å². The quantitative estimate of drug-likeness (QED) is 0.313. The Morgan fingerprint density at radius 3 is 2.43 bits per heavy atom. The molecular formula is C32H31BrClN3O5. The summed E-state index contributed by atoms with van der Waals surface area (Å²) in [6.07, 6.45) is -0.252. The van der Waals surface area contributed by atoms with Crippen molar-refractivity contribution in [1.82, 2.24) is 10.2 Å². The topological polar surface area (TPSA) is 108 Å². The van der Waals surface area contributed by atoms with Crippen molar-refractivity contribution >= 4 is 50.9 Å². The minimum atomic E-state index is -1.29. The number of anilines is 1. The average Bonchev–Trinajstić information content (AvgIpc) is 3.59. The fourth-order valence-electron chi connectivity index (χ4n) is 6.92. The summed E-state index contributed by atoms with van der Waals surface area (Å²) in [6, 6.07) is 22.0. The van der Waals surface area contributed by atoms with Gasteiger partial charge in [0.25, 0.3) is 0 Å². The van der Waals surface area contributed by atoms with Crippen LogP contribution in [0.1, 0.15) is 29.2 Å². The van der Waals surface area contributed by atoms with Crippen LogP contribution in [0.25, 0.3) is 0 Å². The van der Waals surface area contributed by atoms with Gasteiger partial charge in [0.15, 0.2) is 0 Å². The number of para-hydroxylation sites is 1. The standard InChI is InChI=1S/C32H31BrClN3O5/c1-18-9-8-14-22(34)26(18)36-30(40)28-32-15-21(33)27(42-32)24(29(39)35-16-19-10-4-2-5-11-19)25(32)31(41)37(28)23(17-38)20-12-6-3-7-13-20/h2-14,21,23-25,27-28,38H,15-17H2,1H3,(H,35,39)(H,36,40)/t21?,23-,24-,25+,27-,28?,32?/m1/s1. The third kappa shape index (κ3) is 4.72. The molecule has 3 saturated heterocycles. The Morgan fingerprint density at radius 1 is 1.07 bits per heavy atom. The van der Waals surface area contributed by atoms with Crippen LogP contribution in [0.5, 0.6) is 0 Å². The maximum Gasteiger partial charge on any atom is 0.250 e. The van der Waals surface area contributed by atoms with Crippen molar-refractivity contribution < 1.29 is 24.2 Å². The molecule has 3 aromatic rings. The zero-order chi connectivity index (χ0) is 29.6. The lowest BCUT2D eigenvalue weighted by Gasteiger charge is -2.37. The zero-order valence-corrected chi connectivity index (χ0v) is 25.2. The van der Waals surface area contributed by atoms with Gasteiger partial charge in [-0.2, -0.15) is 0 Å². The first-order valence-corrected chi connectivity index (χ1v) is 15.2. The predicted molar refractivity (Wildman–Crippen MR) is 162 cm³/mol. The Balaban J connectivity index is 1.40. The lowest BCUT2D eigenvalue weighted by atomic mass is 9.70. The summed E-state index contributed by atoms with van der Waals surface area (Å²) < 4.78 is 6.60. The molecule has 3 aliphatic heterocycles. The summed E-state index contributed by atoms with van der Waals surface area (Å²) in [5.74, 6) is -2.92. The first-order valence-electron chi connectivity index (χ1n) is 13.9. The van der Waals surface area contributed by atoms with E-state index in [0.29, 0.717) is 29.2 Å². The molecule has 1 spiro atoms. The van der Waals surface area contributed by atoms with Gasteiger partial charge >= 0.3 is 0 Å². The third-order valence-corrected chi connectivity index (χ3v) is 9.91. The van der Waals surface area contributed by atoms with Crippen LogP contribution in [0, 0.1) is 18.8 Å². The van der Waals surface area contributed by atoms with E-state index in [9.17, 15) is 19.5 Å². The largest absolute Gasteiger partial charge is 0.394 e. The smallest absolute Gasteiger partial charge is 0.250 e. The van der Waals surface area contributed by atoms with Crippen molar-refractivity contribution in [1.29, 1.82) is 0 Å².